The zero-order chi connectivity index (χ0) is 17.2. The van der Waals surface area contributed by atoms with Crippen LogP contribution in [0.3, 0.4) is 0 Å². The minimum absolute atomic E-state index is 0.302. The molecule has 1 N–H and O–H groups in total. The second-order valence-corrected chi connectivity index (χ2v) is 5.77. The Kier molecular flexibility index (Phi) is 3.99. The van der Waals surface area contributed by atoms with Crippen LogP contribution in [0.25, 0.3) is 11.2 Å². The van der Waals surface area contributed by atoms with Crippen LogP contribution in [0.15, 0.2) is 54.9 Å². The molecule has 6 nitrogen and oxygen atoms in total. The molecule has 2 aromatic carbocycles. The summed E-state index contributed by atoms with van der Waals surface area (Å²) >= 11 is 6.21. The van der Waals surface area contributed by atoms with Crippen molar-refractivity contribution in [3.8, 4) is 0 Å². The van der Waals surface area contributed by atoms with Crippen molar-refractivity contribution in [2.24, 2.45) is 0 Å². The largest absolute Gasteiger partial charge is 0.338 e. The summed E-state index contributed by atoms with van der Waals surface area (Å²) in [6, 6.07) is 13.5. The van der Waals surface area contributed by atoms with Crippen molar-refractivity contribution in [3.63, 3.8) is 0 Å². The highest BCUT2D eigenvalue weighted by atomic mass is 35.5. The highest BCUT2D eigenvalue weighted by Crippen LogP contribution is 2.22. The first-order chi connectivity index (χ1) is 12.2. The fraction of sp³-hybridized carbons (Fsp3) is 0.0588. The van der Waals surface area contributed by atoms with E-state index in [1.165, 1.54) is 18.5 Å². The van der Waals surface area contributed by atoms with Crippen molar-refractivity contribution in [2.75, 3.05) is 5.32 Å². The van der Waals surface area contributed by atoms with E-state index in [4.69, 9.17) is 11.6 Å². The van der Waals surface area contributed by atoms with Crippen molar-refractivity contribution >= 4 is 34.3 Å². The first kappa shape index (κ1) is 15.5. The van der Waals surface area contributed by atoms with Gasteiger partial charge in [0, 0.05) is 10.7 Å². The third kappa shape index (κ3) is 3.14. The normalized spacial score (nSPS) is 11.0. The number of benzene rings is 2. The first-order valence-electron chi connectivity index (χ1n) is 7.51. The molecule has 0 aliphatic carbocycles. The first-order valence-corrected chi connectivity index (χ1v) is 7.89. The number of hydrogen-bond donors (Lipinski definition) is 1. The van der Waals surface area contributed by atoms with Crippen LogP contribution >= 0.6 is 11.6 Å². The Balaban J connectivity index is 1.68. The van der Waals surface area contributed by atoms with Gasteiger partial charge in [-0.1, -0.05) is 35.0 Å². The maximum atomic E-state index is 13.0. The van der Waals surface area contributed by atoms with E-state index in [9.17, 15) is 4.39 Å². The van der Waals surface area contributed by atoms with Gasteiger partial charge in [-0.05, 0) is 35.9 Å². The van der Waals surface area contributed by atoms with Gasteiger partial charge in [-0.15, -0.1) is 5.10 Å². The lowest BCUT2D eigenvalue weighted by molar-refractivity contribution is 0.628. The van der Waals surface area contributed by atoms with Gasteiger partial charge in [0.2, 0.25) is 0 Å². The van der Waals surface area contributed by atoms with Crippen LogP contribution in [-0.2, 0) is 6.54 Å². The van der Waals surface area contributed by atoms with Gasteiger partial charge in [0.05, 0.1) is 6.54 Å². The highest BCUT2D eigenvalue weighted by Gasteiger charge is 2.13. The molecule has 8 heteroatoms. The molecular weight excluding hydrogens is 343 g/mol. The Morgan fingerprint density at radius 1 is 1.04 bits per heavy atom. The summed E-state index contributed by atoms with van der Waals surface area (Å²) in [4.78, 5) is 8.47. The van der Waals surface area contributed by atoms with Gasteiger partial charge in [-0.2, -0.15) is 0 Å². The smallest absolute Gasteiger partial charge is 0.184 e. The summed E-state index contributed by atoms with van der Waals surface area (Å²) in [7, 11) is 0. The van der Waals surface area contributed by atoms with Gasteiger partial charge in [-0.25, -0.2) is 19.0 Å². The Morgan fingerprint density at radius 2 is 1.84 bits per heavy atom. The molecule has 4 aromatic rings. The fourth-order valence-corrected chi connectivity index (χ4v) is 2.64. The lowest BCUT2D eigenvalue weighted by atomic mass is 10.2. The minimum Gasteiger partial charge on any atom is -0.338 e. The van der Waals surface area contributed by atoms with Crippen LogP contribution in [-0.4, -0.2) is 25.0 Å². The van der Waals surface area contributed by atoms with Crippen LogP contribution < -0.4 is 5.32 Å². The van der Waals surface area contributed by atoms with Crippen molar-refractivity contribution in [3.05, 3.63) is 71.3 Å². The molecule has 124 valence electrons. The Morgan fingerprint density at radius 3 is 2.64 bits per heavy atom. The van der Waals surface area contributed by atoms with Crippen molar-refractivity contribution in [1.82, 2.24) is 25.0 Å². The van der Waals surface area contributed by atoms with E-state index in [1.807, 2.05) is 24.3 Å². The molecule has 25 heavy (non-hydrogen) atoms. The number of halogens is 2. The van der Waals surface area contributed by atoms with Gasteiger partial charge in [-0.3, -0.25) is 0 Å². The SMILES string of the molecule is Fc1ccc(Nc2ncnc3c2nnn3Cc2ccccc2Cl)cc1. The molecule has 0 amide bonds. The summed E-state index contributed by atoms with van der Waals surface area (Å²) in [5, 5.41) is 12.1. The second kappa shape index (κ2) is 6.45. The predicted molar refractivity (Wildman–Crippen MR) is 93.4 cm³/mol. The van der Waals surface area contributed by atoms with E-state index in [2.05, 4.69) is 25.6 Å². The van der Waals surface area contributed by atoms with E-state index in [-0.39, 0.29) is 5.82 Å². The van der Waals surface area contributed by atoms with Crippen LogP contribution in [0.5, 0.6) is 0 Å². The zero-order valence-electron chi connectivity index (χ0n) is 12.9. The summed E-state index contributed by atoms with van der Waals surface area (Å²) < 4.78 is 14.7. The van der Waals surface area contributed by atoms with Crippen molar-refractivity contribution in [1.29, 1.82) is 0 Å². The fourth-order valence-electron chi connectivity index (χ4n) is 2.45. The summed E-state index contributed by atoms with van der Waals surface area (Å²) in [5.41, 5.74) is 2.73. The third-order valence-electron chi connectivity index (χ3n) is 3.69. The molecule has 0 saturated heterocycles. The molecule has 0 bridgehead atoms. The molecule has 4 rings (SSSR count). The Bertz CT molecular complexity index is 1030. The number of aromatic nitrogens is 5. The molecule has 0 saturated carbocycles. The number of fused-ring (bicyclic) bond motifs is 1. The summed E-state index contributed by atoms with van der Waals surface area (Å²) in [5.74, 6) is 0.200. The van der Waals surface area contributed by atoms with Gasteiger partial charge < -0.3 is 5.32 Å². The minimum atomic E-state index is -0.302. The molecule has 2 aromatic heterocycles. The molecule has 0 unspecified atom stereocenters. The monoisotopic (exact) mass is 354 g/mol. The lowest BCUT2D eigenvalue weighted by Gasteiger charge is -2.06. The van der Waals surface area contributed by atoms with Crippen LogP contribution in [0, 0.1) is 5.82 Å². The standard InChI is InChI=1S/C17H12ClFN6/c18-14-4-2-1-3-11(14)9-25-17-15(23-24-25)16(20-10-21-17)22-13-7-5-12(19)6-8-13/h1-8,10H,9H2,(H,20,21,22). The van der Waals surface area contributed by atoms with E-state index in [1.54, 1.807) is 16.8 Å². The summed E-state index contributed by atoms with van der Waals surface area (Å²) in [6.45, 7) is 0.448. The van der Waals surface area contributed by atoms with E-state index >= 15 is 0 Å². The Hall–Kier alpha value is -3.06. The van der Waals surface area contributed by atoms with Crippen LogP contribution in [0.4, 0.5) is 15.9 Å². The average molecular weight is 355 g/mol. The summed E-state index contributed by atoms with van der Waals surface area (Å²) in [6.07, 6.45) is 1.43. The molecule has 0 fully saturated rings. The van der Waals surface area contributed by atoms with E-state index in [0.29, 0.717) is 34.2 Å². The van der Waals surface area contributed by atoms with Crippen molar-refractivity contribution in [2.45, 2.75) is 6.54 Å². The molecule has 0 spiro atoms. The molecule has 0 aliphatic rings. The topological polar surface area (TPSA) is 68.5 Å². The Labute approximate surface area is 147 Å². The number of nitrogens with one attached hydrogen (secondary N) is 1. The van der Waals surface area contributed by atoms with Crippen LogP contribution in [0.2, 0.25) is 5.02 Å². The third-order valence-corrected chi connectivity index (χ3v) is 4.05. The van der Waals surface area contributed by atoms with Gasteiger partial charge in [0.15, 0.2) is 17.0 Å². The highest BCUT2D eigenvalue weighted by molar-refractivity contribution is 6.31. The second-order valence-electron chi connectivity index (χ2n) is 5.36. The molecular formula is C17H12ClFN6. The number of rotatable bonds is 4. The molecule has 0 radical (unpaired) electrons. The predicted octanol–water partition coefficient (Wildman–Crippen LogP) is 3.81. The average Bonchev–Trinajstić information content (AvgIpc) is 3.03. The van der Waals surface area contributed by atoms with Gasteiger partial charge >= 0.3 is 0 Å². The molecule has 0 aliphatic heterocycles. The van der Waals surface area contributed by atoms with Gasteiger partial charge in [0.1, 0.15) is 12.1 Å². The maximum absolute atomic E-state index is 13.0. The lowest BCUT2D eigenvalue weighted by Crippen LogP contribution is -2.04. The molecule has 0 atom stereocenters. The van der Waals surface area contributed by atoms with Gasteiger partial charge in [0.25, 0.3) is 0 Å². The quantitative estimate of drug-likeness (QED) is 0.603. The van der Waals surface area contributed by atoms with Crippen molar-refractivity contribution < 1.29 is 4.39 Å². The number of nitrogens with zero attached hydrogens (tertiary/aromatic N) is 5. The number of hydrogen-bond acceptors (Lipinski definition) is 5. The van der Waals surface area contributed by atoms with E-state index in [0.717, 1.165) is 5.56 Å². The van der Waals surface area contributed by atoms with Crippen LogP contribution in [0.1, 0.15) is 5.56 Å². The number of anilines is 2. The zero-order valence-corrected chi connectivity index (χ0v) is 13.7. The maximum Gasteiger partial charge on any atom is 0.184 e. The molecule has 2 heterocycles. The van der Waals surface area contributed by atoms with E-state index < -0.39 is 0 Å².